The maximum Gasteiger partial charge on any atom is 0.202 e. The van der Waals surface area contributed by atoms with Crippen molar-refractivity contribution in [3.63, 3.8) is 0 Å². The molecule has 0 saturated carbocycles. The first-order chi connectivity index (χ1) is 6.56. The number of Topliss-reactive ketones (excluding diaryl/α,β-unsaturated/α-hetero) is 1. The molecule has 0 bridgehead atoms. The highest BCUT2D eigenvalue weighted by molar-refractivity contribution is 5.97. The minimum atomic E-state index is -0.633. The lowest BCUT2D eigenvalue weighted by Crippen LogP contribution is -2.19. The molecule has 1 heterocycles. The Morgan fingerprint density at radius 3 is 2.64 bits per heavy atom. The van der Waals surface area contributed by atoms with Crippen LogP contribution >= 0.6 is 0 Å². The van der Waals surface area contributed by atoms with E-state index in [9.17, 15) is 4.79 Å². The Bertz CT molecular complexity index is 374. The van der Waals surface area contributed by atoms with Gasteiger partial charge in [0, 0.05) is 7.05 Å². The van der Waals surface area contributed by atoms with E-state index in [1.165, 1.54) is 11.0 Å². The summed E-state index contributed by atoms with van der Waals surface area (Å²) in [5.74, 6) is -0.892. The van der Waals surface area contributed by atoms with Crippen molar-refractivity contribution in [2.75, 3.05) is 0 Å². The van der Waals surface area contributed by atoms with Crippen LogP contribution in [0.5, 0.6) is 0 Å². The highest BCUT2D eigenvalue weighted by atomic mass is 16.1. The SMILES string of the molecule is CC(C)C(C#N)C(=O)c1cnn(C)n1. The van der Waals surface area contributed by atoms with Crippen molar-refractivity contribution in [3.8, 4) is 6.07 Å². The normalized spacial score (nSPS) is 12.5. The molecule has 74 valence electrons. The first kappa shape index (κ1) is 10.4. The number of carbonyl (C=O) groups is 1. The summed E-state index contributed by atoms with van der Waals surface area (Å²) >= 11 is 0. The third-order valence-corrected chi connectivity index (χ3v) is 1.94. The lowest BCUT2D eigenvalue weighted by Gasteiger charge is -2.08. The number of ketones is 1. The van der Waals surface area contributed by atoms with Crippen LogP contribution in [0.4, 0.5) is 0 Å². The van der Waals surface area contributed by atoms with E-state index >= 15 is 0 Å². The summed E-state index contributed by atoms with van der Waals surface area (Å²) in [6.45, 7) is 3.67. The van der Waals surface area contributed by atoms with Gasteiger partial charge in [0.2, 0.25) is 5.78 Å². The Hall–Kier alpha value is -1.70. The summed E-state index contributed by atoms with van der Waals surface area (Å²) in [4.78, 5) is 13.0. The van der Waals surface area contributed by atoms with E-state index in [1.807, 2.05) is 19.9 Å². The molecular weight excluding hydrogens is 180 g/mol. The van der Waals surface area contributed by atoms with E-state index in [4.69, 9.17) is 5.26 Å². The summed E-state index contributed by atoms with van der Waals surface area (Å²) in [5, 5.41) is 16.5. The Morgan fingerprint density at radius 1 is 1.64 bits per heavy atom. The van der Waals surface area contributed by atoms with Crippen LogP contribution in [0.1, 0.15) is 24.3 Å². The number of hydrogen-bond donors (Lipinski definition) is 0. The van der Waals surface area contributed by atoms with Crippen LogP contribution < -0.4 is 0 Å². The van der Waals surface area contributed by atoms with Gasteiger partial charge in [-0.25, -0.2) is 0 Å². The van der Waals surface area contributed by atoms with Crippen molar-refractivity contribution in [3.05, 3.63) is 11.9 Å². The van der Waals surface area contributed by atoms with E-state index in [2.05, 4.69) is 10.2 Å². The molecule has 0 amide bonds. The summed E-state index contributed by atoms with van der Waals surface area (Å²) in [5.41, 5.74) is 0.257. The molecule has 1 aromatic heterocycles. The number of aryl methyl sites for hydroxylation is 1. The number of nitrogens with zero attached hydrogens (tertiary/aromatic N) is 4. The minimum Gasteiger partial charge on any atom is -0.291 e. The van der Waals surface area contributed by atoms with Gasteiger partial charge in [-0.3, -0.25) is 4.79 Å². The average Bonchev–Trinajstić information content (AvgIpc) is 2.52. The van der Waals surface area contributed by atoms with Gasteiger partial charge < -0.3 is 0 Å². The predicted octanol–water partition coefficient (Wildman–Crippen LogP) is 0.794. The van der Waals surface area contributed by atoms with Gasteiger partial charge in [-0.1, -0.05) is 13.8 Å². The standard InChI is InChI=1S/C9H12N4O/c1-6(2)7(4-10)9(14)8-5-11-13(3)12-8/h5-7H,1-3H3. The van der Waals surface area contributed by atoms with Crippen LogP contribution in [0, 0.1) is 23.2 Å². The van der Waals surface area contributed by atoms with Gasteiger partial charge in [0.15, 0.2) is 0 Å². The fraction of sp³-hybridized carbons (Fsp3) is 0.556. The van der Waals surface area contributed by atoms with E-state index in [-0.39, 0.29) is 17.4 Å². The topological polar surface area (TPSA) is 71.6 Å². The van der Waals surface area contributed by atoms with Crippen LogP contribution in [0.15, 0.2) is 6.20 Å². The molecule has 5 nitrogen and oxygen atoms in total. The quantitative estimate of drug-likeness (QED) is 0.664. The summed E-state index contributed by atoms with van der Waals surface area (Å²) in [6, 6.07) is 1.98. The first-order valence-electron chi connectivity index (χ1n) is 4.36. The fourth-order valence-corrected chi connectivity index (χ4v) is 1.13. The Morgan fingerprint density at radius 2 is 2.29 bits per heavy atom. The molecule has 0 saturated heterocycles. The summed E-state index contributed by atoms with van der Waals surface area (Å²) in [6.07, 6.45) is 1.38. The second-order valence-electron chi connectivity index (χ2n) is 3.43. The minimum absolute atomic E-state index is 0.00509. The van der Waals surface area contributed by atoms with Gasteiger partial charge in [0.1, 0.15) is 11.6 Å². The lowest BCUT2D eigenvalue weighted by molar-refractivity contribution is 0.0918. The maximum atomic E-state index is 11.7. The third kappa shape index (κ3) is 1.96. The number of carbonyl (C=O) groups excluding carboxylic acids is 1. The number of rotatable bonds is 3. The smallest absolute Gasteiger partial charge is 0.202 e. The Kier molecular flexibility index (Phi) is 2.97. The zero-order chi connectivity index (χ0) is 10.7. The molecular formula is C9H12N4O. The zero-order valence-electron chi connectivity index (χ0n) is 8.43. The van der Waals surface area contributed by atoms with Crippen LogP contribution in [0.2, 0.25) is 0 Å². The molecule has 1 rings (SSSR count). The second-order valence-corrected chi connectivity index (χ2v) is 3.43. The summed E-state index contributed by atoms with van der Waals surface area (Å²) in [7, 11) is 1.63. The third-order valence-electron chi connectivity index (χ3n) is 1.94. The molecule has 0 aliphatic rings. The molecule has 0 radical (unpaired) electrons. The molecule has 1 unspecified atom stereocenters. The average molecular weight is 192 g/mol. The maximum absolute atomic E-state index is 11.7. The van der Waals surface area contributed by atoms with Crippen molar-refractivity contribution in [1.82, 2.24) is 15.0 Å². The lowest BCUT2D eigenvalue weighted by atomic mass is 9.92. The number of hydrogen-bond acceptors (Lipinski definition) is 4. The van der Waals surface area contributed by atoms with Crippen molar-refractivity contribution in [2.45, 2.75) is 13.8 Å². The number of nitriles is 1. The zero-order valence-corrected chi connectivity index (χ0v) is 8.43. The van der Waals surface area contributed by atoms with Crippen molar-refractivity contribution in [1.29, 1.82) is 5.26 Å². The van der Waals surface area contributed by atoms with Gasteiger partial charge >= 0.3 is 0 Å². The van der Waals surface area contributed by atoms with Gasteiger partial charge in [-0.2, -0.15) is 20.3 Å². The predicted molar refractivity (Wildman–Crippen MR) is 49.3 cm³/mol. The van der Waals surface area contributed by atoms with Gasteiger partial charge in [0.05, 0.1) is 12.3 Å². The molecule has 1 atom stereocenters. The molecule has 1 aromatic rings. The highest BCUT2D eigenvalue weighted by Crippen LogP contribution is 2.14. The second kappa shape index (κ2) is 4.01. The highest BCUT2D eigenvalue weighted by Gasteiger charge is 2.25. The molecule has 0 aliphatic heterocycles. The number of aromatic nitrogens is 3. The Labute approximate surface area is 82.3 Å². The Balaban J connectivity index is 2.90. The largest absolute Gasteiger partial charge is 0.291 e. The van der Waals surface area contributed by atoms with Gasteiger partial charge in [-0.15, -0.1) is 0 Å². The van der Waals surface area contributed by atoms with Gasteiger partial charge in [0.25, 0.3) is 0 Å². The molecule has 0 aromatic carbocycles. The molecule has 0 spiro atoms. The molecule has 0 aliphatic carbocycles. The molecule has 0 N–H and O–H groups in total. The van der Waals surface area contributed by atoms with Crippen LogP contribution in [0.3, 0.4) is 0 Å². The summed E-state index contributed by atoms with van der Waals surface area (Å²) < 4.78 is 0. The van der Waals surface area contributed by atoms with E-state index in [0.29, 0.717) is 0 Å². The van der Waals surface area contributed by atoms with Crippen LogP contribution in [0.25, 0.3) is 0 Å². The fourth-order valence-electron chi connectivity index (χ4n) is 1.13. The van der Waals surface area contributed by atoms with Crippen molar-refractivity contribution >= 4 is 5.78 Å². The van der Waals surface area contributed by atoms with Crippen LogP contribution in [-0.2, 0) is 7.05 Å². The van der Waals surface area contributed by atoms with Crippen molar-refractivity contribution < 1.29 is 4.79 Å². The molecule has 14 heavy (non-hydrogen) atoms. The van der Waals surface area contributed by atoms with E-state index in [0.717, 1.165) is 0 Å². The van der Waals surface area contributed by atoms with Crippen LogP contribution in [-0.4, -0.2) is 20.8 Å². The first-order valence-corrected chi connectivity index (χ1v) is 4.36. The van der Waals surface area contributed by atoms with Crippen molar-refractivity contribution in [2.24, 2.45) is 18.9 Å². The van der Waals surface area contributed by atoms with E-state index < -0.39 is 5.92 Å². The molecule has 5 heteroatoms. The van der Waals surface area contributed by atoms with Gasteiger partial charge in [-0.05, 0) is 5.92 Å². The van der Waals surface area contributed by atoms with E-state index in [1.54, 1.807) is 7.05 Å². The molecule has 0 fully saturated rings. The monoisotopic (exact) mass is 192 g/mol.